The van der Waals surface area contributed by atoms with Crippen LogP contribution in [-0.4, -0.2) is 50.0 Å². The van der Waals surface area contributed by atoms with E-state index in [1.807, 2.05) is 12.1 Å². The fourth-order valence-electron chi connectivity index (χ4n) is 2.69. The van der Waals surface area contributed by atoms with Crippen molar-refractivity contribution in [1.29, 1.82) is 0 Å². The topological polar surface area (TPSA) is 81.9 Å². The minimum absolute atomic E-state index is 0.115. The minimum Gasteiger partial charge on any atom is -0.467 e. The maximum Gasteiger partial charge on any atom is 0.239 e. The highest BCUT2D eigenvalue weighted by Gasteiger charge is 2.10. The number of nitrogens with zero attached hydrogens (tertiary/aromatic N) is 2. The van der Waals surface area contributed by atoms with Crippen molar-refractivity contribution in [2.75, 3.05) is 27.2 Å². The Balaban J connectivity index is 1.62. The van der Waals surface area contributed by atoms with Crippen molar-refractivity contribution in [3.8, 4) is 0 Å². The molecule has 0 radical (unpaired) electrons. The molecule has 1 aromatic heterocycles. The zero-order valence-corrected chi connectivity index (χ0v) is 16.9. The number of hydrogen-bond donors (Lipinski definition) is 3. The highest BCUT2D eigenvalue weighted by atomic mass is 16.3. The molecule has 1 heterocycles. The van der Waals surface area contributed by atoms with Crippen LogP contribution in [-0.2, 0) is 17.9 Å². The van der Waals surface area contributed by atoms with Crippen molar-refractivity contribution < 1.29 is 9.21 Å². The van der Waals surface area contributed by atoms with Gasteiger partial charge in [-0.25, -0.2) is 0 Å². The van der Waals surface area contributed by atoms with Gasteiger partial charge in [0.05, 0.1) is 19.4 Å². The number of hydrogen-bond acceptors (Lipinski definition) is 4. The van der Waals surface area contributed by atoms with Gasteiger partial charge in [0, 0.05) is 26.2 Å². The highest BCUT2D eigenvalue weighted by molar-refractivity contribution is 5.86. The monoisotopic (exact) mass is 385 g/mol. The lowest BCUT2D eigenvalue weighted by atomic mass is 10.1. The standard InChI is InChI=1S/C21H31N5O2/c1-17(26(3)16-18-8-5-4-6-9-18)11-12-23-21(22-2)25-15-20(27)24-14-19-10-7-13-28-19/h4-10,13,17H,11-12,14-16H2,1-3H3,(H,24,27)(H2,22,23,25). The molecule has 1 amide bonds. The smallest absolute Gasteiger partial charge is 0.239 e. The molecule has 0 spiro atoms. The third-order valence-corrected chi connectivity index (χ3v) is 4.56. The molecular weight excluding hydrogens is 354 g/mol. The maximum atomic E-state index is 11.9. The molecule has 152 valence electrons. The van der Waals surface area contributed by atoms with Crippen molar-refractivity contribution in [3.63, 3.8) is 0 Å². The molecular formula is C21H31N5O2. The molecule has 7 nitrogen and oxygen atoms in total. The Morgan fingerprint density at radius 1 is 1.14 bits per heavy atom. The van der Waals surface area contributed by atoms with Crippen LogP contribution < -0.4 is 16.0 Å². The number of amides is 1. The van der Waals surface area contributed by atoms with Gasteiger partial charge < -0.3 is 20.4 Å². The number of aliphatic imine (C=N–C) groups is 1. The normalized spacial score (nSPS) is 12.6. The second-order valence-corrected chi connectivity index (χ2v) is 6.75. The summed E-state index contributed by atoms with van der Waals surface area (Å²) in [7, 11) is 3.83. The van der Waals surface area contributed by atoms with Gasteiger partial charge in [-0.3, -0.25) is 14.7 Å². The molecule has 0 aliphatic carbocycles. The number of benzene rings is 1. The second kappa shape index (κ2) is 11.8. The summed E-state index contributed by atoms with van der Waals surface area (Å²) in [5.41, 5.74) is 1.31. The van der Waals surface area contributed by atoms with Gasteiger partial charge >= 0.3 is 0 Å². The Hall–Kier alpha value is -2.80. The largest absolute Gasteiger partial charge is 0.467 e. The third-order valence-electron chi connectivity index (χ3n) is 4.56. The Morgan fingerprint density at radius 2 is 1.93 bits per heavy atom. The van der Waals surface area contributed by atoms with Crippen LogP contribution in [0.2, 0.25) is 0 Å². The van der Waals surface area contributed by atoms with E-state index in [2.05, 4.69) is 64.1 Å². The molecule has 1 unspecified atom stereocenters. The van der Waals surface area contributed by atoms with Crippen molar-refractivity contribution in [2.24, 2.45) is 4.99 Å². The van der Waals surface area contributed by atoms with Gasteiger partial charge in [0.25, 0.3) is 0 Å². The van der Waals surface area contributed by atoms with Crippen molar-refractivity contribution in [3.05, 3.63) is 60.1 Å². The molecule has 2 rings (SSSR count). The van der Waals surface area contributed by atoms with Gasteiger partial charge in [0.2, 0.25) is 5.91 Å². The molecule has 28 heavy (non-hydrogen) atoms. The molecule has 7 heteroatoms. The van der Waals surface area contributed by atoms with Gasteiger partial charge in [-0.05, 0) is 38.1 Å². The van der Waals surface area contributed by atoms with Gasteiger partial charge in [0.15, 0.2) is 5.96 Å². The highest BCUT2D eigenvalue weighted by Crippen LogP contribution is 2.07. The predicted molar refractivity (Wildman–Crippen MR) is 112 cm³/mol. The van der Waals surface area contributed by atoms with Gasteiger partial charge in [-0.2, -0.15) is 0 Å². The van der Waals surface area contributed by atoms with Crippen LogP contribution in [0.4, 0.5) is 0 Å². The van der Waals surface area contributed by atoms with Crippen LogP contribution in [0.5, 0.6) is 0 Å². The first kappa shape index (κ1) is 21.5. The summed E-state index contributed by atoms with van der Waals surface area (Å²) >= 11 is 0. The Kier molecular flexibility index (Phi) is 9.07. The summed E-state index contributed by atoms with van der Waals surface area (Å²) in [6.45, 7) is 4.44. The van der Waals surface area contributed by atoms with E-state index in [9.17, 15) is 4.79 Å². The Labute approximate surface area is 167 Å². The summed E-state index contributed by atoms with van der Waals surface area (Å²) in [6, 6.07) is 14.5. The second-order valence-electron chi connectivity index (χ2n) is 6.75. The molecule has 0 bridgehead atoms. The van der Waals surface area contributed by atoms with E-state index < -0.39 is 0 Å². The number of carbonyl (C=O) groups is 1. The summed E-state index contributed by atoms with van der Waals surface area (Å²) < 4.78 is 5.19. The predicted octanol–water partition coefficient (Wildman–Crippen LogP) is 1.97. The van der Waals surface area contributed by atoms with E-state index in [4.69, 9.17) is 4.42 Å². The summed E-state index contributed by atoms with van der Waals surface area (Å²) in [4.78, 5) is 18.4. The Bertz CT molecular complexity index is 716. The van der Waals surface area contributed by atoms with Crippen molar-refractivity contribution in [1.82, 2.24) is 20.9 Å². The maximum absolute atomic E-state index is 11.9. The van der Waals surface area contributed by atoms with Crippen LogP contribution >= 0.6 is 0 Å². The Morgan fingerprint density at radius 3 is 2.61 bits per heavy atom. The first-order chi connectivity index (χ1) is 13.6. The minimum atomic E-state index is -0.115. The van der Waals surface area contributed by atoms with Gasteiger partial charge in [-0.15, -0.1) is 0 Å². The number of furan rings is 1. The van der Waals surface area contributed by atoms with Crippen LogP contribution in [0.3, 0.4) is 0 Å². The molecule has 1 atom stereocenters. The van der Waals surface area contributed by atoms with Gasteiger partial charge in [-0.1, -0.05) is 30.3 Å². The van der Waals surface area contributed by atoms with Crippen LogP contribution in [0.1, 0.15) is 24.7 Å². The number of nitrogens with one attached hydrogen (secondary N) is 3. The first-order valence-electron chi connectivity index (χ1n) is 9.56. The van der Waals surface area contributed by atoms with E-state index in [0.717, 1.165) is 25.3 Å². The van der Waals surface area contributed by atoms with Crippen molar-refractivity contribution >= 4 is 11.9 Å². The van der Waals surface area contributed by atoms with E-state index in [-0.39, 0.29) is 12.5 Å². The number of rotatable bonds is 10. The quantitative estimate of drug-likeness (QED) is 0.430. The van der Waals surface area contributed by atoms with E-state index >= 15 is 0 Å². The lowest BCUT2D eigenvalue weighted by molar-refractivity contribution is -0.120. The zero-order valence-electron chi connectivity index (χ0n) is 16.9. The molecule has 2 aromatic rings. The van der Waals surface area contributed by atoms with Crippen molar-refractivity contribution in [2.45, 2.75) is 32.5 Å². The van der Waals surface area contributed by atoms with Gasteiger partial charge in [0.1, 0.15) is 5.76 Å². The summed E-state index contributed by atoms with van der Waals surface area (Å²) in [5, 5.41) is 9.07. The third kappa shape index (κ3) is 7.84. The summed E-state index contributed by atoms with van der Waals surface area (Å²) in [6.07, 6.45) is 2.55. The molecule has 0 aliphatic heterocycles. The number of carbonyl (C=O) groups excluding carboxylic acids is 1. The molecule has 0 fully saturated rings. The lowest BCUT2D eigenvalue weighted by Gasteiger charge is -2.25. The first-order valence-corrected chi connectivity index (χ1v) is 9.56. The fraction of sp³-hybridized carbons (Fsp3) is 0.429. The fourth-order valence-corrected chi connectivity index (χ4v) is 2.69. The van der Waals surface area contributed by atoms with E-state index in [1.54, 1.807) is 19.4 Å². The SMILES string of the molecule is CN=C(NCCC(C)N(C)Cc1ccccc1)NCC(=O)NCc1ccco1. The number of guanidine groups is 1. The summed E-state index contributed by atoms with van der Waals surface area (Å²) in [5.74, 6) is 1.23. The average Bonchev–Trinajstić information content (AvgIpc) is 3.23. The molecule has 1 aromatic carbocycles. The molecule has 0 aliphatic rings. The van der Waals surface area contributed by atoms with E-state index in [1.165, 1.54) is 5.56 Å². The molecule has 0 saturated heterocycles. The van der Waals surface area contributed by atoms with Crippen LogP contribution in [0, 0.1) is 0 Å². The van der Waals surface area contributed by atoms with Crippen LogP contribution in [0.25, 0.3) is 0 Å². The molecule has 3 N–H and O–H groups in total. The molecule has 0 saturated carbocycles. The zero-order chi connectivity index (χ0) is 20.2. The lowest BCUT2D eigenvalue weighted by Crippen LogP contribution is -2.44. The van der Waals surface area contributed by atoms with E-state index in [0.29, 0.717) is 18.5 Å². The average molecular weight is 386 g/mol. The van der Waals surface area contributed by atoms with Crippen LogP contribution in [0.15, 0.2) is 58.1 Å².